The molecule has 0 aliphatic carbocycles. The van der Waals surface area contributed by atoms with E-state index in [4.69, 9.17) is 4.74 Å². The molecule has 0 unspecified atom stereocenters. The van der Waals surface area contributed by atoms with Gasteiger partial charge in [-0.15, -0.1) is 0 Å². The van der Waals surface area contributed by atoms with Gasteiger partial charge >= 0.3 is 0 Å². The molecule has 15 heavy (non-hydrogen) atoms. The zero-order valence-corrected chi connectivity index (χ0v) is 10.0. The van der Waals surface area contributed by atoms with Gasteiger partial charge < -0.3 is 4.74 Å². The first-order chi connectivity index (χ1) is 6.93. The maximum Gasteiger partial charge on any atom is 0.160 e. The van der Waals surface area contributed by atoms with Crippen LogP contribution >= 0.6 is 0 Å². The summed E-state index contributed by atoms with van der Waals surface area (Å²) in [6.07, 6.45) is 0.159. The van der Waals surface area contributed by atoms with Crippen LogP contribution in [-0.2, 0) is 0 Å². The zero-order valence-electron chi connectivity index (χ0n) is 10.0. The smallest absolute Gasteiger partial charge is 0.160 e. The van der Waals surface area contributed by atoms with E-state index in [0.29, 0.717) is 0 Å². The van der Waals surface area contributed by atoms with Crippen LogP contribution in [0, 0.1) is 13.8 Å². The molecule has 0 aliphatic heterocycles. The molecule has 0 N–H and O–H groups in total. The number of benzene rings is 1. The molecule has 0 fully saturated rings. The maximum atomic E-state index is 11.3. The summed E-state index contributed by atoms with van der Waals surface area (Å²) in [6.45, 7) is 9.52. The normalized spacial score (nSPS) is 10.5. The molecule has 1 aromatic carbocycles. The standard InChI is InChI=1S/C13H18O2/c1-8(2)15-13-7-6-12(11(5)14)9(3)10(13)4/h6-8H,1-5H3. The van der Waals surface area contributed by atoms with Crippen LogP contribution in [0.4, 0.5) is 0 Å². The van der Waals surface area contributed by atoms with E-state index >= 15 is 0 Å². The van der Waals surface area contributed by atoms with Crippen molar-refractivity contribution < 1.29 is 9.53 Å². The Balaban J connectivity index is 3.15. The molecule has 0 saturated carbocycles. The fraction of sp³-hybridized carbons (Fsp3) is 0.462. The first-order valence-corrected chi connectivity index (χ1v) is 5.21. The number of carbonyl (C=O) groups is 1. The Morgan fingerprint density at radius 1 is 1.20 bits per heavy atom. The highest BCUT2D eigenvalue weighted by Crippen LogP contribution is 2.25. The van der Waals surface area contributed by atoms with Crippen LogP contribution in [0.2, 0.25) is 0 Å². The predicted octanol–water partition coefficient (Wildman–Crippen LogP) is 3.29. The second-order valence-corrected chi connectivity index (χ2v) is 4.08. The molecule has 0 atom stereocenters. The van der Waals surface area contributed by atoms with Gasteiger partial charge in [-0.2, -0.15) is 0 Å². The predicted molar refractivity (Wildman–Crippen MR) is 61.7 cm³/mol. The van der Waals surface area contributed by atoms with Crippen LogP contribution in [0.1, 0.15) is 42.3 Å². The number of Topliss-reactive ketones (excluding diaryl/α,β-unsaturated/α-hetero) is 1. The molecule has 0 saturated heterocycles. The Bertz CT molecular complexity index is 378. The topological polar surface area (TPSA) is 26.3 Å². The van der Waals surface area contributed by atoms with Crippen LogP contribution in [0.3, 0.4) is 0 Å². The Labute approximate surface area is 91.3 Å². The summed E-state index contributed by atoms with van der Waals surface area (Å²) in [5.74, 6) is 0.971. The van der Waals surface area contributed by atoms with Crippen LogP contribution < -0.4 is 4.74 Å². The molecule has 82 valence electrons. The van der Waals surface area contributed by atoms with Crippen LogP contribution in [0.25, 0.3) is 0 Å². The van der Waals surface area contributed by atoms with Gasteiger partial charge in [-0.25, -0.2) is 0 Å². The second-order valence-electron chi connectivity index (χ2n) is 4.08. The Morgan fingerprint density at radius 2 is 1.80 bits per heavy atom. The molecule has 2 nitrogen and oxygen atoms in total. The third kappa shape index (κ3) is 2.58. The first kappa shape index (κ1) is 11.8. The lowest BCUT2D eigenvalue weighted by Crippen LogP contribution is -2.08. The van der Waals surface area contributed by atoms with E-state index in [2.05, 4.69) is 0 Å². The monoisotopic (exact) mass is 206 g/mol. The number of carbonyl (C=O) groups excluding carboxylic acids is 1. The van der Waals surface area contributed by atoms with E-state index in [0.717, 1.165) is 22.4 Å². The van der Waals surface area contributed by atoms with E-state index in [1.165, 1.54) is 0 Å². The molecule has 1 aromatic rings. The number of ether oxygens (including phenoxy) is 1. The van der Waals surface area contributed by atoms with Gasteiger partial charge in [-0.1, -0.05) is 0 Å². The molecular formula is C13H18O2. The first-order valence-electron chi connectivity index (χ1n) is 5.21. The molecule has 0 amide bonds. The largest absolute Gasteiger partial charge is 0.491 e. The third-order valence-electron chi connectivity index (χ3n) is 2.48. The molecule has 0 spiro atoms. The van der Waals surface area contributed by atoms with Gasteiger partial charge in [0.25, 0.3) is 0 Å². The highest BCUT2D eigenvalue weighted by Gasteiger charge is 2.10. The Kier molecular flexibility index (Phi) is 3.51. The fourth-order valence-corrected chi connectivity index (χ4v) is 1.56. The van der Waals surface area contributed by atoms with Crippen molar-refractivity contribution >= 4 is 5.78 Å². The van der Waals surface area contributed by atoms with Gasteiger partial charge in [0.15, 0.2) is 5.78 Å². The van der Waals surface area contributed by atoms with Crippen molar-refractivity contribution in [1.29, 1.82) is 0 Å². The van der Waals surface area contributed by atoms with Crippen molar-refractivity contribution in [2.24, 2.45) is 0 Å². The molecular weight excluding hydrogens is 188 g/mol. The summed E-state index contributed by atoms with van der Waals surface area (Å²) < 4.78 is 5.65. The van der Waals surface area contributed by atoms with E-state index in [-0.39, 0.29) is 11.9 Å². The molecule has 0 heterocycles. The summed E-state index contributed by atoms with van der Waals surface area (Å²) in [4.78, 5) is 11.3. The SMILES string of the molecule is CC(=O)c1ccc(OC(C)C)c(C)c1C. The number of ketones is 1. The lowest BCUT2D eigenvalue weighted by molar-refractivity contribution is 0.101. The molecule has 0 aliphatic rings. The highest BCUT2D eigenvalue weighted by atomic mass is 16.5. The number of hydrogen-bond acceptors (Lipinski definition) is 2. The number of hydrogen-bond donors (Lipinski definition) is 0. The number of rotatable bonds is 3. The quantitative estimate of drug-likeness (QED) is 0.709. The van der Waals surface area contributed by atoms with Gasteiger partial charge in [0.2, 0.25) is 0 Å². The van der Waals surface area contributed by atoms with Crippen molar-refractivity contribution in [2.45, 2.75) is 40.7 Å². The van der Waals surface area contributed by atoms with E-state index in [1.54, 1.807) is 6.92 Å². The van der Waals surface area contributed by atoms with Crippen molar-refractivity contribution in [3.05, 3.63) is 28.8 Å². The lowest BCUT2D eigenvalue weighted by Gasteiger charge is -2.15. The lowest BCUT2D eigenvalue weighted by atomic mass is 10.00. The summed E-state index contributed by atoms with van der Waals surface area (Å²) >= 11 is 0. The van der Waals surface area contributed by atoms with Gasteiger partial charge in [0.05, 0.1) is 6.10 Å². The van der Waals surface area contributed by atoms with Crippen molar-refractivity contribution in [3.8, 4) is 5.75 Å². The van der Waals surface area contributed by atoms with Gasteiger partial charge in [-0.05, 0) is 57.9 Å². The van der Waals surface area contributed by atoms with Crippen molar-refractivity contribution in [1.82, 2.24) is 0 Å². The summed E-state index contributed by atoms with van der Waals surface area (Å²) in [5, 5.41) is 0. The molecule has 1 rings (SSSR count). The third-order valence-corrected chi connectivity index (χ3v) is 2.48. The van der Waals surface area contributed by atoms with Crippen molar-refractivity contribution in [3.63, 3.8) is 0 Å². The Morgan fingerprint density at radius 3 is 2.27 bits per heavy atom. The van der Waals surface area contributed by atoms with Crippen LogP contribution in [0.15, 0.2) is 12.1 Å². The highest BCUT2D eigenvalue weighted by molar-refractivity contribution is 5.96. The van der Waals surface area contributed by atoms with Gasteiger partial charge in [-0.3, -0.25) is 4.79 Å². The minimum absolute atomic E-state index is 0.103. The van der Waals surface area contributed by atoms with Crippen LogP contribution in [-0.4, -0.2) is 11.9 Å². The fourth-order valence-electron chi connectivity index (χ4n) is 1.56. The van der Waals surface area contributed by atoms with Gasteiger partial charge in [0, 0.05) is 5.56 Å². The van der Waals surface area contributed by atoms with E-state index in [1.807, 2.05) is 39.8 Å². The average Bonchev–Trinajstić information content (AvgIpc) is 2.12. The Hall–Kier alpha value is -1.31. The van der Waals surface area contributed by atoms with Crippen molar-refractivity contribution in [2.75, 3.05) is 0 Å². The molecule has 0 radical (unpaired) electrons. The van der Waals surface area contributed by atoms with Crippen LogP contribution in [0.5, 0.6) is 5.75 Å². The summed E-state index contributed by atoms with van der Waals surface area (Å²) in [6, 6.07) is 3.71. The minimum atomic E-state index is 0.103. The van der Waals surface area contributed by atoms with Gasteiger partial charge in [0.1, 0.15) is 5.75 Å². The minimum Gasteiger partial charge on any atom is -0.491 e. The van der Waals surface area contributed by atoms with E-state index < -0.39 is 0 Å². The maximum absolute atomic E-state index is 11.3. The second kappa shape index (κ2) is 4.47. The average molecular weight is 206 g/mol. The molecule has 0 aromatic heterocycles. The zero-order chi connectivity index (χ0) is 11.6. The molecule has 2 heteroatoms. The van der Waals surface area contributed by atoms with E-state index in [9.17, 15) is 4.79 Å². The summed E-state index contributed by atoms with van der Waals surface area (Å²) in [7, 11) is 0. The molecule has 0 bridgehead atoms. The summed E-state index contributed by atoms with van der Waals surface area (Å²) in [5.41, 5.74) is 2.85.